The Balaban J connectivity index is 2.43. The molecule has 0 saturated heterocycles. The van der Waals surface area contributed by atoms with Gasteiger partial charge in [0.05, 0.1) is 6.61 Å². The number of rotatable bonds is 2. The molecular formula is C10H9FO5. The predicted molar refractivity (Wildman–Crippen MR) is 49.3 cm³/mol. The molecule has 1 aromatic carbocycles. The van der Waals surface area contributed by atoms with Crippen molar-refractivity contribution in [3.8, 4) is 5.75 Å². The molecule has 0 saturated carbocycles. The lowest BCUT2D eigenvalue weighted by Crippen LogP contribution is -2.16. The van der Waals surface area contributed by atoms with Crippen molar-refractivity contribution < 1.29 is 28.9 Å². The van der Waals surface area contributed by atoms with Crippen molar-refractivity contribution in [2.45, 2.75) is 12.7 Å². The summed E-state index contributed by atoms with van der Waals surface area (Å²) in [6.07, 6.45) is -1.89. The standard InChI is InChI=1S/C10H9FO5/c11-7-1-5-3-15-4-16-8(5)2-6(7)9(12)10(13)14/h1-2,9,12H,3-4H2,(H,13,14). The van der Waals surface area contributed by atoms with E-state index in [1.807, 2.05) is 0 Å². The normalized spacial score (nSPS) is 16.1. The van der Waals surface area contributed by atoms with E-state index in [1.165, 1.54) is 6.07 Å². The van der Waals surface area contributed by atoms with E-state index in [0.717, 1.165) is 6.07 Å². The highest BCUT2D eigenvalue weighted by atomic mass is 19.1. The number of carboxylic acid groups (broad SMARTS) is 1. The number of aliphatic hydroxyl groups excluding tert-OH is 1. The molecule has 1 aliphatic heterocycles. The molecule has 1 unspecified atom stereocenters. The van der Waals surface area contributed by atoms with Crippen LogP contribution in [0.1, 0.15) is 17.2 Å². The SMILES string of the molecule is O=C(O)C(O)c1cc2c(cc1F)COCO2. The largest absolute Gasteiger partial charge is 0.479 e. The molecule has 2 rings (SSSR count). The van der Waals surface area contributed by atoms with Gasteiger partial charge >= 0.3 is 5.97 Å². The molecule has 86 valence electrons. The van der Waals surface area contributed by atoms with Gasteiger partial charge in [-0.3, -0.25) is 0 Å². The number of aliphatic carboxylic acids is 1. The molecule has 0 spiro atoms. The maximum absolute atomic E-state index is 13.5. The van der Waals surface area contributed by atoms with Crippen molar-refractivity contribution in [2.24, 2.45) is 0 Å². The summed E-state index contributed by atoms with van der Waals surface area (Å²) in [4.78, 5) is 10.5. The van der Waals surface area contributed by atoms with Gasteiger partial charge in [0.15, 0.2) is 12.9 Å². The van der Waals surface area contributed by atoms with Crippen LogP contribution in [-0.2, 0) is 16.1 Å². The zero-order valence-corrected chi connectivity index (χ0v) is 8.14. The summed E-state index contributed by atoms with van der Waals surface area (Å²) in [5, 5.41) is 17.8. The van der Waals surface area contributed by atoms with Crippen LogP contribution in [0.5, 0.6) is 5.75 Å². The van der Waals surface area contributed by atoms with Crippen LogP contribution < -0.4 is 4.74 Å². The number of halogens is 1. The van der Waals surface area contributed by atoms with Gasteiger partial charge in [-0.1, -0.05) is 0 Å². The average molecular weight is 228 g/mol. The molecule has 1 heterocycles. The molecular weight excluding hydrogens is 219 g/mol. The van der Waals surface area contributed by atoms with Crippen LogP contribution >= 0.6 is 0 Å². The van der Waals surface area contributed by atoms with Gasteiger partial charge < -0.3 is 19.7 Å². The average Bonchev–Trinajstić information content (AvgIpc) is 2.27. The molecule has 0 radical (unpaired) electrons. The molecule has 2 N–H and O–H groups in total. The van der Waals surface area contributed by atoms with Crippen LogP contribution in [0.2, 0.25) is 0 Å². The Morgan fingerprint density at radius 1 is 1.50 bits per heavy atom. The lowest BCUT2D eigenvalue weighted by molar-refractivity contribution is -0.147. The smallest absolute Gasteiger partial charge is 0.337 e. The zero-order valence-electron chi connectivity index (χ0n) is 8.14. The second-order valence-corrected chi connectivity index (χ2v) is 3.33. The van der Waals surface area contributed by atoms with Crippen molar-refractivity contribution in [3.05, 3.63) is 29.1 Å². The first-order valence-electron chi connectivity index (χ1n) is 4.53. The number of benzene rings is 1. The van der Waals surface area contributed by atoms with Gasteiger partial charge in [-0.15, -0.1) is 0 Å². The summed E-state index contributed by atoms with van der Waals surface area (Å²) in [7, 11) is 0. The van der Waals surface area contributed by atoms with Crippen molar-refractivity contribution >= 4 is 5.97 Å². The Morgan fingerprint density at radius 2 is 2.25 bits per heavy atom. The number of fused-ring (bicyclic) bond motifs is 1. The van der Waals surface area contributed by atoms with E-state index in [0.29, 0.717) is 11.3 Å². The molecule has 1 aromatic rings. The molecule has 0 aliphatic carbocycles. The van der Waals surface area contributed by atoms with Gasteiger partial charge in [-0.05, 0) is 12.1 Å². The first-order valence-corrected chi connectivity index (χ1v) is 4.53. The Kier molecular flexibility index (Phi) is 2.76. The minimum absolute atomic E-state index is 0.0290. The third kappa shape index (κ3) is 1.84. The lowest BCUT2D eigenvalue weighted by Gasteiger charge is -2.19. The highest BCUT2D eigenvalue weighted by Crippen LogP contribution is 2.29. The molecule has 0 aromatic heterocycles. The fourth-order valence-electron chi connectivity index (χ4n) is 1.46. The van der Waals surface area contributed by atoms with Crippen molar-refractivity contribution in [2.75, 3.05) is 6.79 Å². The van der Waals surface area contributed by atoms with Crippen molar-refractivity contribution in [1.29, 1.82) is 0 Å². The summed E-state index contributed by atoms with van der Waals surface area (Å²) >= 11 is 0. The first-order chi connectivity index (χ1) is 7.59. The fraction of sp³-hybridized carbons (Fsp3) is 0.300. The fourth-order valence-corrected chi connectivity index (χ4v) is 1.46. The van der Waals surface area contributed by atoms with Crippen molar-refractivity contribution in [1.82, 2.24) is 0 Å². The zero-order chi connectivity index (χ0) is 11.7. The van der Waals surface area contributed by atoms with E-state index in [9.17, 15) is 14.3 Å². The summed E-state index contributed by atoms with van der Waals surface area (Å²) < 4.78 is 23.4. The Hall–Kier alpha value is -1.66. The molecule has 16 heavy (non-hydrogen) atoms. The van der Waals surface area contributed by atoms with Crippen LogP contribution in [0.4, 0.5) is 4.39 Å². The number of aliphatic hydroxyl groups is 1. The molecule has 0 bridgehead atoms. The molecule has 1 aliphatic rings. The van der Waals surface area contributed by atoms with Crippen LogP contribution in [-0.4, -0.2) is 23.0 Å². The predicted octanol–water partition coefficient (Wildman–Crippen LogP) is 0.810. The van der Waals surface area contributed by atoms with E-state index in [4.69, 9.17) is 14.6 Å². The highest BCUT2D eigenvalue weighted by molar-refractivity contribution is 5.74. The third-order valence-corrected chi connectivity index (χ3v) is 2.26. The number of carboxylic acids is 1. The number of carbonyl (C=O) groups is 1. The summed E-state index contributed by atoms with van der Waals surface area (Å²) in [6, 6.07) is 2.29. The maximum Gasteiger partial charge on any atom is 0.337 e. The molecule has 5 nitrogen and oxygen atoms in total. The molecule has 0 fully saturated rings. The third-order valence-electron chi connectivity index (χ3n) is 2.26. The minimum atomic E-state index is -1.89. The van der Waals surface area contributed by atoms with Crippen LogP contribution in [0, 0.1) is 5.82 Å². The summed E-state index contributed by atoms with van der Waals surface area (Å²) in [5.74, 6) is -1.96. The van der Waals surface area contributed by atoms with E-state index < -0.39 is 17.9 Å². The van der Waals surface area contributed by atoms with Crippen molar-refractivity contribution in [3.63, 3.8) is 0 Å². The monoisotopic (exact) mass is 228 g/mol. The second kappa shape index (κ2) is 4.07. The van der Waals surface area contributed by atoms with E-state index in [-0.39, 0.29) is 19.0 Å². The summed E-state index contributed by atoms with van der Waals surface area (Å²) in [5.41, 5.74) is 0.179. The molecule has 0 amide bonds. The molecule has 6 heteroatoms. The maximum atomic E-state index is 13.5. The van der Waals surface area contributed by atoms with Gasteiger partial charge in [-0.2, -0.15) is 0 Å². The Morgan fingerprint density at radius 3 is 2.94 bits per heavy atom. The van der Waals surface area contributed by atoms with E-state index in [1.54, 1.807) is 0 Å². The quantitative estimate of drug-likeness (QED) is 0.783. The van der Waals surface area contributed by atoms with E-state index >= 15 is 0 Å². The Labute approximate surface area is 90.0 Å². The number of hydrogen-bond donors (Lipinski definition) is 2. The van der Waals surface area contributed by atoms with E-state index in [2.05, 4.69) is 0 Å². The first kappa shape index (κ1) is 10.8. The number of hydrogen-bond acceptors (Lipinski definition) is 4. The van der Waals surface area contributed by atoms with Gasteiger partial charge in [0.1, 0.15) is 11.6 Å². The Bertz CT molecular complexity index is 431. The lowest BCUT2D eigenvalue weighted by atomic mass is 10.0. The van der Waals surface area contributed by atoms with Gasteiger partial charge in [0.25, 0.3) is 0 Å². The van der Waals surface area contributed by atoms with Crippen LogP contribution in [0.25, 0.3) is 0 Å². The van der Waals surface area contributed by atoms with Gasteiger partial charge in [0, 0.05) is 11.1 Å². The highest BCUT2D eigenvalue weighted by Gasteiger charge is 2.23. The summed E-state index contributed by atoms with van der Waals surface area (Å²) in [6.45, 7) is 0.233. The van der Waals surface area contributed by atoms with Crippen LogP contribution in [0.3, 0.4) is 0 Å². The number of ether oxygens (including phenoxy) is 2. The van der Waals surface area contributed by atoms with Gasteiger partial charge in [-0.25, -0.2) is 9.18 Å². The second-order valence-electron chi connectivity index (χ2n) is 3.33. The van der Waals surface area contributed by atoms with Gasteiger partial charge in [0.2, 0.25) is 0 Å². The topological polar surface area (TPSA) is 76.0 Å². The molecule has 1 atom stereocenters. The van der Waals surface area contributed by atoms with Crippen LogP contribution in [0.15, 0.2) is 12.1 Å². The minimum Gasteiger partial charge on any atom is -0.479 e.